The molecule has 2 aliphatic rings. The van der Waals surface area contributed by atoms with Gasteiger partial charge in [-0.2, -0.15) is 0 Å². The second kappa shape index (κ2) is 6.25. The lowest BCUT2D eigenvalue weighted by Gasteiger charge is -2.05. The fourth-order valence-electron chi connectivity index (χ4n) is 2.03. The fraction of sp³-hybridized carbons (Fsp3) is 0.357. The van der Waals surface area contributed by atoms with Crippen molar-refractivity contribution in [3.63, 3.8) is 0 Å². The van der Waals surface area contributed by atoms with Gasteiger partial charge in [0.2, 0.25) is 17.8 Å². The van der Waals surface area contributed by atoms with E-state index in [9.17, 15) is 4.79 Å². The van der Waals surface area contributed by atoms with Gasteiger partial charge in [-0.05, 0) is 25.0 Å². The molecule has 0 spiro atoms. The number of hydrogen-bond donors (Lipinski definition) is 2. The minimum atomic E-state index is -0.0965. The molecular weight excluding hydrogens is 336 g/mol. The number of fused-ring (bicyclic) bond motifs is 1. The number of nitrogens with one attached hydrogen (secondary N) is 2. The highest BCUT2D eigenvalue weighted by Crippen LogP contribution is 2.34. The van der Waals surface area contributed by atoms with Crippen LogP contribution < -0.4 is 20.1 Å². The van der Waals surface area contributed by atoms with Gasteiger partial charge in [0, 0.05) is 17.8 Å². The summed E-state index contributed by atoms with van der Waals surface area (Å²) in [6.45, 7) is 0.219. The summed E-state index contributed by atoms with van der Waals surface area (Å²) < 4.78 is 11.3. The van der Waals surface area contributed by atoms with Crippen LogP contribution in [0.4, 0.5) is 10.8 Å². The average molecular weight is 350 g/mol. The van der Waals surface area contributed by atoms with Crippen molar-refractivity contribution in [1.29, 1.82) is 0 Å². The van der Waals surface area contributed by atoms with Crippen LogP contribution in [-0.4, -0.2) is 34.7 Å². The van der Waals surface area contributed by atoms with Gasteiger partial charge in [-0.15, -0.1) is 10.2 Å². The van der Waals surface area contributed by atoms with Crippen molar-refractivity contribution >= 4 is 39.8 Å². The number of carbonyl (C=O) groups excluding carboxylic acids is 1. The normalized spacial score (nSPS) is 15.5. The zero-order valence-corrected chi connectivity index (χ0v) is 13.7. The Morgan fingerprint density at radius 1 is 1.30 bits per heavy atom. The first-order chi connectivity index (χ1) is 11.3. The van der Waals surface area contributed by atoms with E-state index in [0.717, 1.165) is 9.47 Å². The number of rotatable bonds is 6. The molecule has 2 heterocycles. The molecular formula is C14H14N4O3S2. The maximum Gasteiger partial charge on any atom is 0.234 e. The number of benzene rings is 1. The predicted molar refractivity (Wildman–Crippen MR) is 88.5 cm³/mol. The third kappa shape index (κ3) is 3.67. The highest BCUT2D eigenvalue weighted by Gasteiger charge is 2.22. The Hall–Kier alpha value is -2.00. The average Bonchev–Trinajstić information content (AvgIpc) is 3.05. The maximum atomic E-state index is 12.0. The van der Waals surface area contributed by atoms with Gasteiger partial charge in [0.1, 0.15) is 0 Å². The Labute approximate surface area is 140 Å². The van der Waals surface area contributed by atoms with Crippen molar-refractivity contribution < 1.29 is 14.3 Å². The zero-order chi connectivity index (χ0) is 15.6. The van der Waals surface area contributed by atoms with Crippen molar-refractivity contribution in [3.05, 3.63) is 18.2 Å². The van der Waals surface area contributed by atoms with Crippen LogP contribution in [0.3, 0.4) is 0 Å². The van der Waals surface area contributed by atoms with Crippen LogP contribution >= 0.6 is 23.1 Å². The number of hydrogen-bond acceptors (Lipinski definition) is 8. The Morgan fingerprint density at radius 2 is 2.17 bits per heavy atom. The second-order valence-electron chi connectivity index (χ2n) is 5.20. The minimum absolute atomic E-state index is 0.0965. The first-order valence-corrected chi connectivity index (χ1v) is 8.99. The van der Waals surface area contributed by atoms with E-state index in [1.165, 1.54) is 35.9 Å². The first-order valence-electron chi connectivity index (χ1n) is 7.18. The zero-order valence-electron chi connectivity index (χ0n) is 12.1. The number of aromatic nitrogens is 2. The summed E-state index contributed by atoms with van der Waals surface area (Å²) in [4.78, 5) is 12.0. The molecule has 1 amide bonds. The number of ether oxygens (including phenoxy) is 2. The molecule has 4 rings (SSSR count). The monoisotopic (exact) mass is 350 g/mol. The largest absolute Gasteiger partial charge is 0.454 e. The summed E-state index contributed by atoms with van der Waals surface area (Å²) in [5.41, 5.74) is 0.688. The van der Waals surface area contributed by atoms with Gasteiger partial charge in [-0.1, -0.05) is 23.1 Å². The molecule has 1 saturated carbocycles. The van der Waals surface area contributed by atoms with Crippen molar-refractivity contribution in [1.82, 2.24) is 10.2 Å². The van der Waals surface area contributed by atoms with E-state index in [1.54, 1.807) is 18.2 Å². The van der Waals surface area contributed by atoms with E-state index in [4.69, 9.17) is 9.47 Å². The van der Waals surface area contributed by atoms with Crippen LogP contribution in [0.25, 0.3) is 0 Å². The van der Waals surface area contributed by atoms with Crippen LogP contribution in [0.1, 0.15) is 12.8 Å². The van der Waals surface area contributed by atoms with E-state index in [0.29, 0.717) is 23.2 Å². The lowest BCUT2D eigenvalue weighted by molar-refractivity contribution is -0.113. The van der Waals surface area contributed by atoms with Gasteiger partial charge >= 0.3 is 0 Å². The number of thioether (sulfide) groups is 1. The summed E-state index contributed by atoms with van der Waals surface area (Å²) >= 11 is 2.86. The highest BCUT2D eigenvalue weighted by molar-refractivity contribution is 8.01. The number of anilines is 2. The van der Waals surface area contributed by atoms with E-state index >= 15 is 0 Å². The van der Waals surface area contributed by atoms with E-state index in [2.05, 4.69) is 20.8 Å². The van der Waals surface area contributed by atoms with Crippen LogP contribution in [0, 0.1) is 0 Å². The topological polar surface area (TPSA) is 85.4 Å². The third-order valence-electron chi connectivity index (χ3n) is 3.29. The molecule has 0 atom stereocenters. The highest BCUT2D eigenvalue weighted by atomic mass is 32.2. The standard InChI is InChI=1S/C14H14N4O3S2/c19-12(15-9-3-4-10-11(5-9)21-7-20-10)6-22-14-18-17-13(23-14)16-8-1-2-8/h3-5,8H,1-2,6-7H2,(H,15,19)(H,16,17). The number of amides is 1. The second-order valence-corrected chi connectivity index (χ2v) is 7.40. The summed E-state index contributed by atoms with van der Waals surface area (Å²) in [6, 6.07) is 5.88. The van der Waals surface area contributed by atoms with E-state index in [1.807, 2.05) is 0 Å². The summed E-state index contributed by atoms with van der Waals surface area (Å²) in [6.07, 6.45) is 2.39. The molecule has 0 saturated heterocycles. The molecule has 7 nitrogen and oxygen atoms in total. The molecule has 23 heavy (non-hydrogen) atoms. The molecule has 0 unspecified atom stereocenters. The van der Waals surface area contributed by atoms with Crippen LogP contribution in [0.15, 0.2) is 22.5 Å². The molecule has 1 aliphatic heterocycles. The Balaban J connectivity index is 1.28. The van der Waals surface area contributed by atoms with Crippen molar-refractivity contribution in [2.45, 2.75) is 23.2 Å². The van der Waals surface area contributed by atoms with Crippen molar-refractivity contribution in [2.75, 3.05) is 23.2 Å². The van der Waals surface area contributed by atoms with E-state index < -0.39 is 0 Å². The van der Waals surface area contributed by atoms with Crippen LogP contribution in [0.2, 0.25) is 0 Å². The van der Waals surface area contributed by atoms with E-state index in [-0.39, 0.29) is 18.5 Å². The van der Waals surface area contributed by atoms with Gasteiger partial charge in [-0.25, -0.2) is 0 Å². The molecule has 0 bridgehead atoms. The summed E-state index contributed by atoms with van der Waals surface area (Å²) in [7, 11) is 0. The van der Waals surface area contributed by atoms with Gasteiger partial charge in [0.15, 0.2) is 15.8 Å². The molecule has 1 aromatic heterocycles. The molecule has 1 aromatic carbocycles. The Morgan fingerprint density at radius 3 is 3.04 bits per heavy atom. The maximum absolute atomic E-state index is 12.0. The molecule has 120 valence electrons. The minimum Gasteiger partial charge on any atom is -0.454 e. The molecule has 1 fully saturated rings. The van der Waals surface area contributed by atoms with Crippen molar-refractivity contribution in [2.24, 2.45) is 0 Å². The predicted octanol–water partition coefficient (Wildman–Crippen LogP) is 2.57. The van der Waals surface area contributed by atoms with Crippen LogP contribution in [0.5, 0.6) is 11.5 Å². The third-order valence-corrected chi connectivity index (χ3v) is 5.28. The smallest absolute Gasteiger partial charge is 0.234 e. The Bertz CT molecular complexity index is 733. The van der Waals surface area contributed by atoms with Gasteiger partial charge < -0.3 is 20.1 Å². The van der Waals surface area contributed by atoms with Gasteiger partial charge in [-0.3, -0.25) is 4.79 Å². The van der Waals surface area contributed by atoms with Gasteiger partial charge in [0.05, 0.1) is 5.75 Å². The summed E-state index contributed by atoms with van der Waals surface area (Å²) in [5, 5.41) is 15.1. The molecule has 2 aromatic rings. The Kier molecular flexibility index (Phi) is 3.96. The van der Waals surface area contributed by atoms with Crippen molar-refractivity contribution in [3.8, 4) is 11.5 Å². The lowest BCUT2D eigenvalue weighted by Crippen LogP contribution is -2.13. The quantitative estimate of drug-likeness (QED) is 0.775. The fourth-order valence-corrected chi connectivity index (χ4v) is 3.66. The summed E-state index contributed by atoms with van der Waals surface area (Å²) in [5.74, 6) is 1.53. The molecule has 2 N–H and O–H groups in total. The van der Waals surface area contributed by atoms with Crippen LogP contribution in [-0.2, 0) is 4.79 Å². The number of nitrogens with zero attached hydrogens (tertiary/aromatic N) is 2. The SMILES string of the molecule is O=C(CSc1nnc(NC2CC2)s1)Nc1ccc2c(c1)OCO2. The molecule has 9 heteroatoms. The van der Waals surface area contributed by atoms with Gasteiger partial charge in [0.25, 0.3) is 0 Å². The first kappa shape index (κ1) is 14.6. The number of carbonyl (C=O) groups is 1. The molecule has 0 radical (unpaired) electrons. The molecule has 1 aliphatic carbocycles. The lowest BCUT2D eigenvalue weighted by atomic mass is 10.3.